The highest BCUT2D eigenvalue weighted by molar-refractivity contribution is 9.09. The zero-order valence-corrected chi connectivity index (χ0v) is 24.2. The number of carbonyl (C=O) groups is 1. The molecule has 0 fully saturated rings. The highest BCUT2D eigenvalue weighted by atomic mass is 79.9. The molecule has 0 spiro atoms. The largest absolute Gasteiger partial charge is 0.339 e. The van der Waals surface area contributed by atoms with Crippen molar-refractivity contribution in [3.63, 3.8) is 0 Å². The Hall–Kier alpha value is -2.83. The maximum Gasteiger partial charge on any atom is 0.253 e. The Morgan fingerprint density at radius 2 is 1.32 bits per heavy atom. The fourth-order valence-electron chi connectivity index (χ4n) is 4.44. The van der Waals surface area contributed by atoms with Crippen LogP contribution in [0.15, 0.2) is 96.2 Å². The van der Waals surface area contributed by atoms with Gasteiger partial charge in [-0.15, -0.1) is 0 Å². The number of aromatic nitrogens is 2. The number of hydrogen-bond acceptors (Lipinski definition) is 3. The van der Waals surface area contributed by atoms with Gasteiger partial charge in [0.1, 0.15) is 0 Å². The first-order chi connectivity index (χ1) is 18.8. The summed E-state index contributed by atoms with van der Waals surface area (Å²) < 4.78 is 0. The second-order valence-corrected chi connectivity index (χ2v) is 11.2. The van der Waals surface area contributed by atoms with Crippen LogP contribution >= 0.6 is 27.7 Å². The molecule has 1 amide bonds. The predicted molar refractivity (Wildman–Crippen MR) is 164 cm³/mol. The lowest BCUT2D eigenvalue weighted by molar-refractivity contribution is 0.0749. The molecular weight excluding hydrogens is 554 g/mol. The van der Waals surface area contributed by atoms with E-state index in [1.165, 1.54) is 0 Å². The molecule has 1 heterocycles. The van der Waals surface area contributed by atoms with Crippen molar-refractivity contribution >= 4 is 33.6 Å². The van der Waals surface area contributed by atoms with Gasteiger partial charge in [-0.25, -0.2) is 4.98 Å². The quantitative estimate of drug-likeness (QED) is 0.0856. The van der Waals surface area contributed by atoms with E-state index >= 15 is 0 Å². The topological polar surface area (TPSA) is 49.0 Å². The fourth-order valence-corrected chi connectivity index (χ4v) is 5.71. The van der Waals surface area contributed by atoms with E-state index < -0.39 is 0 Å². The lowest BCUT2D eigenvalue weighted by Gasteiger charge is -2.23. The van der Waals surface area contributed by atoms with Crippen LogP contribution in [0.2, 0.25) is 0 Å². The zero-order chi connectivity index (χ0) is 26.4. The van der Waals surface area contributed by atoms with E-state index in [0.717, 1.165) is 95.9 Å². The first-order valence-electron chi connectivity index (χ1n) is 13.5. The van der Waals surface area contributed by atoms with Gasteiger partial charge in [0.2, 0.25) is 0 Å². The van der Waals surface area contributed by atoms with E-state index in [1.807, 2.05) is 47.4 Å². The fraction of sp³-hybridized carbons (Fsp3) is 0.312. The molecule has 0 aliphatic carbocycles. The number of rotatable bonds is 15. The number of H-pyrrole nitrogens is 1. The molecule has 4 aromatic rings. The van der Waals surface area contributed by atoms with Gasteiger partial charge in [0.25, 0.3) is 5.91 Å². The number of nitrogens with one attached hydrogen (secondary N) is 1. The van der Waals surface area contributed by atoms with Crippen molar-refractivity contribution in [2.24, 2.45) is 0 Å². The lowest BCUT2D eigenvalue weighted by atomic mass is 10.1. The van der Waals surface area contributed by atoms with E-state index in [-0.39, 0.29) is 5.91 Å². The van der Waals surface area contributed by atoms with Gasteiger partial charge in [-0.1, -0.05) is 119 Å². The number of amides is 1. The van der Waals surface area contributed by atoms with Gasteiger partial charge < -0.3 is 9.88 Å². The Morgan fingerprint density at radius 1 is 0.737 bits per heavy atom. The molecule has 3 aromatic carbocycles. The Balaban J connectivity index is 1.29. The number of thioether (sulfide) groups is 1. The SMILES string of the molecule is O=C(c1ccccc1)N(CCCCCBr)CCCCCSc1nc(-c2ccccc2)c(-c2ccccc2)[nH]1. The van der Waals surface area contributed by atoms with Crippen LogP contribution < -0.4 is 0 Å². The molecule has 4 rings (SSSR count). The second-order valence-electron chi connectivity index (χ2n) is 9.31. The molecule has 0 atom stereocenters. The summed E-state index contributed by atoms with van der Waals surface area (Å²) in [5, 5.41) is 1.97. The Labute approximate surface area is 239 Å². The third kappa shape index (κ3) is 8.34. The maximum atomic E-state index is 13.1. The molecule has 0 saturated carbocycles. The standard InChI is InChI=1S/C32H36BrN3OS/c33-22-12-4-13-23-36(31(37)28-20-10-3-11-21-28)24-14-5-15-25-38-32-34-29(26-16-6-1-7-17-26)30(35-32)27-18-8-2-9-19-27/h1-3,6-11,16-21H,4-5,12-15,22-25H2,(H,34,35). The Bertz CT molecular complexity index is 1170. The zero-order valence-electron chi connectivity index (χ0n) is 21.8. The lowest BCUT2D eigenvalue weighted by Crippen LogP contribution is -2.33. The first kappa shape index (κ1) is 28.2. The summed E-state index contributed by atoms with van der Waals surface area (Å²) in [6.07, 6.45) is 6.52. The number of unbranched alkanes of at least 4 members (excludes halogenated alkanes) is 4. The van der Waals surface area contributed by atoms with Crippen molar-refractivity contribution in [2.45, 2.75) is 43.7 Å². The van der Waals surface area contributed by atoms with Crippen molar-refractivity contribution in [3.8, 4) is 22.5 Å². The van der Waals surface area contributed by atoms with Crippen molar-refractivity contribution in [2.75, 3.05) is 24.2 Å². The summed E-state index contributed by atoms with van der Waals surface area (Å²) in [5.41, 5.74) is 5.10. The molecule has 1 N–H and O–H groups in total. The van der Waals surface area contributed by atoms with Gasteiger partial charge in [0.15, 0.2) is 5.16 Å². The molecule has 0 unspecified atom stereocenters. The van der Waals surface area contributed by atoms with Crippen LogP contribution in [0, 0.1) is 0 Å². The summed E-state index contributed by atoms with van der Waals surface area (Å²) in [4.78, 5) is 23.7. The van der Waals surface area contributed by atoms with Crippen LogP contribution in [0.4, 0.5) is 0 Å². The monoisotopic (exact) mass is 589 g/mol. The number of benzene rings is 3. The van der Waals surface area contributed by atoms with Crippen LogP contribution in [0.25, 0.3) is 22.5 Å². The highest BCUT2D eigenvalue weighted by Gasteiger charge is 2.16. The van der Waals surface area contributed by atoms with Crippen LogP contribution in [0.5, 0.6) is 0 Å². The normalized spacial score (nSPS) is 11.0. The van der Waals surface area contributed by atoms with Gasteiger partial charge >= 0.3 is 0 Å². The number of hydrogen-bond donors (Lipinski definition) is 1. The molecule has 0 aliphatic heterocycles. The number of aromatic amines is 1. The molecule has 38 heavy (non-hydrogen) atoms. The first-order valence-corrected chi connectivity index (χ1v) is 15.6. The van der Waals surface area contributed by atoms with E-state index in [0.29, 0.717) is 0 Å². The molecule has 0 radical (unpaired) electrons. The Kier molecular flexibility index (Phi) is 11.5. The van der Waals surface area contributed by atoms with Crippen LogP contribution in [0.1, 0.15) is 48.9 Å². The summed E-state index contributed by atoms with van der Waals surface area (Å²) in [7, 11) is 0. The number of alkyl halides is 1. The van der Waals surface area contributed by atoms with Crippen molar-refractivity contribution in [1.82, 2.24) is 14.9 Å². The van der Waals surface area contributed by atoms with E-state index in [4.69, 9.17) is 4.98 Å². The molecule has 0 aliphatic rings. The molecule has 6 heteroatoms. The van der Waals surface area contributed by atoms with E-state index in [2.05, 4.69) is 69.4 Å². The van der Waals surface area contributed by atoms with Crippen LogP contribution in [-0.4, -0.2) is 44.9 Å². The maximum absolute atomic E-state index is 13.1. The minimum atomic E-state index is 0.149. The molecule has 4 nitrogen and oxygen atoms in total. The smallest absolute Gasteiger partial charge is 0.253 e. The average Bonchev–Trinajstić information content (AvgIpc) is 3.41. The van der Waals surface area contributed by atoms with Gasteiger partial charge in [-0.3, -0.25) is 4.79 Å². The highest BCUT2D eigenvalue weighted by Crippen LogP contribution is 2.32. The van der Waals surface area contributed by atoms with Gasteiger partial charge in [-0.2, -0.15) is 0 Å². The molecule has 0 bridgehead atoms. The third-order valence-corrected chi connectivity index (χ3v) is 7.99. The number of imidazole rings is 1. The second kappa shape index (κ2) is 15.6. The summed E-state index contributed by atoms with van der Waals surface area (Å²) in [5.74, 6) is 1.14. The predicted octanol–water partition coefficient (Wildman–Crippen LogP) is 8.71. The summed E-state index contributed by atoms with van der Waals surface area (Å²) >= 11 is 5.28. The van der Waals surface area contributed by atoms with Gasteiger partial charge in [0, 0.05) is 40.9 Å². The minimum absolute atomic E-state index is 0.149. The molecular formula is C32H36BrN3OS. The van der Waals surface area contributed by atoms with E-state index in [1.54, 1.807) is 11.8 Å². The summed E-state index contributed by atoms with van der Waals surface area (Å²) in [6.45, 7) is 1.64. The van der Waals surface area contributed by atoms with Crippen molar-refractivity contribution in [3.05, 3.63) is 96.6 Å². The Morgan fingerprint density at radius 3 is 1.95 bits per heavy atom. The molecule has 1 aromatic heterocycles. The number of nitrogens with zero attached hydrogens (tertiary/aromatic N) is 2. The third-order valence-electron chi connectivity index (χ3n) is 6.47. The van der Waals surface area contributed by atoms with Gasteiger partial charge in [-0.05, 0) is 37.8 Å². The van der Waals surface area contributed by atoms with E-state index in [9.17, 15) is 4.79 Å². The van der Waals surface area contributed by atoms with Crippen LogP contribution in [0.3, 0.4) is 0 Å². The molecule has 198 valence electrons. The van der Waals surface area contributed by atoms with Crippen molar-refractivity contribution < 1.29 is 4.79 Å². The molecule has 0 saturated heterocycles. The van der Waals surface area contributed by atoms with Crippen LogP contribution in [-0.2, 0) is 0 Å². The van der Waals surface area contributed by atoms with Crippen molar-refractivity contribution in [1.29, 1.82) is 0 Å². The minimum Gasteiger partial charge on any atom is -0.339 e. The number of carbonyl (C=O) groups excluding carboxylic acids is 1. The van der Waals surface area contributed by atoms with Gasteiger partial charge in [0.05, 0.1) is 11.4 Å². The average molecular weight is 591 g/mol. The number of halogens is 1. The summed E-state index contributed by atoms with van der Waals surface area (Å²) in [6, 6.07) is 30.4.